The Kier molecular flexibility index (Phi) is 10.6. The lowest BCUT2D eigenvalue weighted by atomic mass is 10.1. The number of aryl methyl sites for hydroxylation is 1. The Balaban J connectivity index is 1.24. The maximum Gasteiger partial charge on any atom is 0.272 e. The van der Waals surface area contributed by atoms with Crippen molar-refractivity contribution in [1.29, 1.82) is 0 Å². The number of hydrogen-bond donors (Lipinski definition) is 3. The Bertz CT molecular complexity index is 1880. The molecule has 0 fully saturated rings. The van der Waals surface area contributed by atoms with Gasteiger partial charge in [-0.05, 0) is 68.5 Å². The summed E-state index contributed by atoms with van der Waals surface area (Å²) in [5.74, 6) is -2.05. The molecule has 1 unspecified atom stereocenters. The van der Waals surface area contributed by atoms with E-state index in [1.807, 2.05) is 37.3 Å². The van der Waals surface area contributed by atoms with Gasteiger partial charge >= 0.3 is 0 Å². The first-order valence-electron chi connectivity index (χ1n) is 14.1. The lowest BCUT2D eigenvalue weighted by Gasteiger charge is -2.13. The molecule has 0 spiro atoms. The van der Waals surface area contributed by atoms with Gasteiger partial charge in [-0.2, -0.15) is 0 Å². The number of rotatable bonds is 10. The van der Waals surface area contributed by atoms with Crippen molar-refractivity contribution in [1.82, 2.24) is 10.3 Å². The number of carbonyl (C=O) groups excluding carboxylic acids is 3. The number of benzene rings is 4. The molecule has 7 nitrogen and oxygen atoms in total. The van der Waals surface area contributed by atoms with Gasteiger partial charge in [0, 0.05) is 32.2 Å². The van der Waals surface area contributed by atoms with E-state index < -0.39 is 22.9 Å². The van der Waals surface area contributed by atoms with Crippen molar-refractivity contribution in [2.45, 2.75) is 24.0 Å². The summed E-state index contributed by atoms with van der Waals surface area (Å²) in [6.45, 7) is 3.77. The van der Waals surface area contributed by atoms with Gasteiger partial charge in [-0.1, -0.05) is 66.2 Å². The largest absolute Gasteiger partial charge is 0.321 e. The fourth-order valence-corrected chi connectivity index (χ4v) is 6.25. The van der Waals surface area contributed by atoms with E-state index in [4.69, 9.17) is 11.6 Å². The average Bonchev–Trinajstić information content (AvgIpc) is 3.43. The van der Waals surface area contributed by atoms with Crippen LogP contribution in [0.2, 0.25) is 5.02 Å². The van der Waals surface area contributed by atoms with E-state index in [0.29, 0.717) is 16.4 Å². The second-order valence-corrected chi connectivity index (χ2v) is 13.1. The van der Waals surface area contributed by atoms with Crippen LogP contribution < -0.4 is 16.0 Å². The zero-order valence-corrected chi connectivity index (χ0v) is 27.1. The predicted molar refractivity (Wildman–Crippen MR) is 185 cm³/mol. The van der Waals surface area contributed by atoms with Crippen LogP contribution in [0.5, 0.6) is 0 Å². The van der Waals surface area contributed by atoms with Crippen LogP contribution in [0.4, 0.5) is 15.2 Å². The molecular weight excluding hydrogens is 643 g/mol. The first-order valence-corrected chi connectivity index (χ1v) is 16.2. The molecule has 1 heterocycles. The van der Waals surface area contributed by atoms with Gasteiger partial charge < -0.3 is 16.0 Å². The standard InChI is InChI=1S/C35H28ClFN4O3S2/c1-21-31(23-10-5-3-6-11-23)40-35(46-21)41-32(42)22(2)45-26-18-16-25(17-19-26)38-34(44)30(20-27-28(36)14-9-15-29(27)37)39-33(43)24-12-7-4-8-13-24/h3-20,22H,1-2H3,(H,38,44)(H,39,43)(H,40,41,42)/b30-20-. The van der Waals surface area contributed by atoms with Gasteiger partial charge in [0.15, 0.2) is 5.13 Å². The van der Waals surface area contributed by atoms with Gasteiger partial charge in [0.05, 0.1) is 16.0 Å². The molecule has 5 aromatic rings. The number of anilines is 2. The van der Waals surface area contributed by atoms with Crippen LogP contribution in [0, 0.1) is 12.7 Å². The fourth-order valence-electron chi connectivity index (χ4n) is 4.33. The van der Waals surface area contributed by atoms with Crippen LogP contribution in [0.1, 0.15) is 27.7 Å². The highest BCUT2D eigenvalue weighted by atomic mass is 35.5. The Morgan fingerprint density at radius 1 is 0.891 bits per heavy atom. The average molecular weight is 671 g/mol. The third-order valence-electron chi connectivity index (χ3n) is 6.69. The van der Waals surface area contributed by atoms with Crippen LogP contribution in [0.3, 0.4) is 0 Å². The van der Waals surface area contributed by atoms with Crippen molar-refractivity contribution in [2.24, 2.45) is 0 Å². The molecule has 46 heavy (non-hydrogen) atoms. The summed E-state index contributed by atoms with van der Waals surface area (Å²) in [7, 11) is 0. The molecule has 4 aromatic carbocycles. The van der Waals surface area contributed by atoms with Crippen molar-refractivity contribution in [2.75, 3.05) is 10.6 Å². The van der Waals surface area contributed by atoms with Crippen molar-refractivity contribution in [3.8, 4) is 11.3 Å². The third kappa shape index (κ3) is 8.28. The summed E-state index contributed by atoms with van der Waals surface area (Å²) in [5, 5.41) is 8.40. The number of thiazole rings is 1. The SMILES string of the molecule is Cc1sc(NC(=O)C(C)Sc2ccc(NC(=O)/C(=C/c3c(F)cccc3Cl)NC(=O)c3ccccc3)cc2)nc1-c1ccccc1. The number of amides is 3. The monoisotopic (exact) mass is 670 g/mol. The van der Waals surface area contributed by atoms with E-state index in [-0.39, 0.29) is 22.2 Å². The van der Waals surface area contributed by atoms with Crippen molar-refractivity contribution >= 4 is 69.3 Å². The van der Waals surface area contributed by atoms with Gasteiger partial charge in [-0.25, -0.2) is 9.37 Å². The van der Waals surface area contributed by atoms with Gasteiger partial charge in [-0.15, -0.1) is 23.1 Å². The molecule has 1 atom stereocenters. The summed E-state index contributed by atoms with van der Waals surface area (Å²) in [6.07, 6.45) is 1.20. The number of nitrogens with zero attached hydrogens (tertiary/aromatic N) is 1. The normalized spacial score (nSPS) is 11.9. The number of nitrogens with one attached hydrogen (secondary N) is 3. The van der Waals surface area contributed by atoms with E-state index >= 15 is 0 Å². The predicted octanol–water partition coefficient (Wildman–Crippen LogP) is 8.44. The Morgan fingerprint density at radius 3 is 2.24 bits per heavy atom. The van der Waals surface area contributed by atoms with Crippen LogP contribution in [0.15, 0.2) is 114 Å². The fraction of sp³-hybridized carbons (Fsp3) is 0.0857. The number of carbonyl (C=O) groups is 3. The lowest BCUT2D eigenvalue weighted by Crippen LogP contribution is -2.30. The summed E-state index contributed by atoms with van der Waals surface area (Å²) < 4.78 is 14.6. The van der Waals surface area contributed by atoms with Crippen LogP contribution >= 0.6 is 34.7 Å². The van der Waals surface area contributed by atoms with Gasteiger partial charge in [0.1, 0.15) is 11.5 Å². The van der Waals surface area contributed by atoms with Crippen molar-refractivity contribution in [3.05, 3.63) is 136 Å². The summed E-state index contributed by atoms with van der Waals surface area (Å²) in [6, 6.07) is 29.2. The molecule has 1 aromatic heterocycles. The van der Waals surface area contributed by atoms with Crippen LogP contribution in [-0.4, -0.2) is 28.0 Å². The Morgan fingerprint density at radius 2 is 1.57 bits per heavy atom. The van der Waals surface area contributed by atoms with E-state index in [9.17, 15) is 18.8 Å². The van der Waals surface area contributed by atoms with E-state index in [0.717, 1.165) is 21.0 Å². The molecule has 0 aliphatic carbocycles. The topological polar surface area (TPSA) is 100 Å². The number of halogens is 2. The molecule has 0 aliphatic heterocycles. The number of hydrogen-bond acceptors (Lipinski definition) is 6. The van der Waals surface area contributed by atoms with E-state index in [1.54, 1.807) is 61.5 Å². The Labute approximate surface area is 278 Å². The van der Waals surface area contributed by atoms with Gasteiger partial charge in [0.2, 0.25) is 5.91 Å². The molecule has 0 saturated carbocycles. The van der Waals surface area contributed by atoms with Crippen molar-refractivity contribution < 1.29 is 18.8 Å². The highest BCUT2D eigenvalue weighted by Crippen LogP contribution is 2.31. The first kappa shape index (κ1) is 32.6. The zero-order chi connectivity index (χ0) is 32.6. The minimum absolute atomic E-state index is 0.0362. The zero-order valence-electron chi connectivity index (χ0n) is 24.7. The van der Waals surface area contributed by atoms with E-state index in [1.165, 1.54) is 47.4 Å². The molecule has 232 valence electrons. The minimum atomic E-state index is -0.676. The molecule has 3 N–H and O–H groups in total. The van der Waals surface area contributed by atoms with Gasteiger partial charge in [-0.3, -0.25) is 14.4 Å². The quantitative estimate of drug-likeness (QED) is 0.102. The highest BCUT2D eigenvalue weighted by molar-refractivity contribution is 8.00. The van der Waals surface area contributed by atoms with E-state index in [2.05, 4.69) is 20.9 Å². The minimum Gasteiger partial charge on any atom is -0.321 e. The van der Waals surface area contributed by atoms with Crippen LogP contribution in [0.25, 0.3) is 17.3 Å². The second kappa shape index (κ2) is 15.0. The Hall–Kier alpha value is -4.77. The number of thioether (sulfide) groups is 1. The lowest BCUT2D eigenvalue weighted by molar-refractivity contribution is -0.115. The molecule has 0 saturated heterocycles. The summed E-state index contributed by atoms with van der Waals surface area (Å²) >= 11 is 8.96. The highest BCUT2D eigenvalue weighted by Gasteiger charge is 2.19. The molecule has 0 aliphatic rings. The first-order chi connectivity index (χ1) is 22.2. The second-order valence-electron chi connectivity index (χ2n) is 10.0. The molecule has 5 rings (SSSR count). The number of aromatic nitrogens is 1. The molecular formula is C35H28ClFN4O3S2. The summed E-state index contributed by atoms with van der Waals surface area (Å²) in [4.78, 5) is 45.6. The maximum atomic E-state index is 14.6. The maximum absolute atomic E-state index is 14.6. The smallest absolute Gasteiger partial charge is 0.272 e. The molecule has 0 bridgehead atoms. The molecule has 3 amide bonds. The van der Waals surface area contributed by atoms with Gasteiger partial charge in [0.25, 0.3) is 11.8 Å². The molecule has 11 heteroatoms. The van der Waals surface area contributed by atoms with Crippen LogP contribution in [-0.2, 0) is 9.59 Å². The molecule has 0 radical (unpaired) electrons. The van der Waals surface area contributed by atoms with Crippen molar-refractivity contribution in [3.63, 3.8) is 0 Å². The summed E-state index contributed by atoms with van der Waals surface area (Å²) in [5.41, 5.74) is 2.35. The third-order valence-corrected chi connectivity index (χ3v) is 9.01.